The Balaban J connectivity index is 1.79. The summed E-state index contributed by atoms with van der Waals surface area (Å²) in [6.07, 6.45) is 1.50. The molecular weight excluding hydrogens is 323 g/mol. The van der Waals surface area contributed by atoms with Gasteiger partial charge in [0.05, 0.1) is 10.0 Å². The summed E-state index contributed by atoms with van der Waals surface area (Å²) >= 11 is 12.0. The number of rotatable bonds is 5. The minimum atomic E-state index is -0.394. The first-order valence-electron chi connectivity index (χ1n) is 7.49. The van der Waals surface area contributed by atoms with Crippen LogP contribution in [0.5, 0.6) is 0 Å². The van der Waals surface area contributed by atoms with E-state index in [1.165, 1.54) is 0 Å². The molecule has 1 aromatic carbocycles. The lowest BCUT2D eigenvalue weighted by atomic mass is 10.0. The van der Waals surface area contributed by atoms with Crippen LogP contribution in [0.25, 0.3) is 0 Å². The molecule has 1 aliphatic heterocycles. The Morgan fingerprint density at radius 2 is 2.05 bits per heavy atom. The summed E-state index contributed by atoms with van der Waals surface area (Å²) in [5.74, 6) is -0.0366. The molecule has 1 aliphatic rings. The predicted octanol–water partition coefficient (Wildman–Crippen LogP) is 3.11. The van der Waals surface area contributed by atoms with Gasteiger partial charge >= 0.3 is 0 Å². The molecule has 0 aliphatic carbocycles. The summed E-state index contributed by atoms with van der Waals surface area (Å²) in [5.41, 5.74) is 1.16. The van der Waals surface area contributed by atoms with E-state index >= 15 is 0 Å². The fourth-order valence-electron chi connectivity index (χ4n) is 2.56. The monoisotopic (exact) mass is 344 g/mol. The van der Waals surface area contributed by atoms with Crippen LogP contribution in [0, 0.1) is 0 Å². The number of ether oxygens (including phenoxy) is 1. The topological polar surface area (TPSA) is 41.6 Å². The standard InChI is InChI=1S/C16H22Cl2N2O2/c1-11(22-2)16(21)19-13-5-7-20(8-6-13)10-12-3-4-14(17)15(18)9-12/h3-4,9,11,13H,5-8,10H2,1-2H3,(H,19,21). The van der Waals surface area contributed by atoms with Crippen LogP contribution in [0.4, 0.5) is 0 Å². The first-order valence-corrected chi connectivity index (χ1v) is 8.24. The highest BCUT2D eigenvalue weighted by atomic mass is 35.5. The van der Waals surface area contributed by atoms with E-state index in [9.17, 15) is 4.79 Å². The fraction of sp³-hybridized carbons (Fsp3) is 0.562. The van der Waals surface area contributed by atoms with Crippen molar-refractivity contribution < 1.29 is 9.53 Å². The van der Waals surface area contributed by atoms with Crippen LogP contribution in [0.1, 0.15) is 25.3 Å². The Hall–Kier alpha value is -0.810. The quantitative estimate of drug-likeness (QED) is 0.892. The number of benzene rings is 1. The van der Waals surface area contributed by atoms with Gasteiger partial charge in [0, 0.05) is 32.8 Å². The minimum Gasteiger partial charge on any atom is -0.372 e. The van der Waals surface area contributed by atoms with Crippen molar-refractivity contribution in [3.8, 4) is 0 Å². The average molecular weight is 345 g/mol. The summed E-state index contributed by atoms with van der Waals surface area (Å²) in [6.45, 7) is 4.51. The minimum absolute atomic E-state index is 0.0366. The molecule has 4 nitrogen and oxygen atoms in total. The zero-order valence-electron chi connectivity index (χ0n) is 12.9. The van der Waals surface area contributed by atoms with Crippen LogP contribution >= 0.6 is 23.2 Å². The van der Waals surface area contributed by atoms with E-state index in [0.717, 1.165) is 38.0 Å². The molecule has 122 valence electrons. The zero-order chi connectivity index (χ0) is 16.1. The maximum Gasteiger partial charge on any atom is 0.249 e. The van der Waals surface area contributed by atoms with E-state index in [-0.39, 0.29) is 11.9 Å². The normalized spacial score (nSPS) is 18.2. The molecular formula is C16H22Cl2N2O2. The summed E-state index contributed by atoms with van der Waals surface area (Å²) in [7, 11) is 1.55. The predicted molar refractivity (Wildman–Crippen MR) is 89.4 cm³/mol. The van der Waals surface area contributed by atoms with Gasteiger partial charge in [0.25, 0.3) is 0 Å². The number of hydrogen-bond acceptors (Lipinski definition) is 3. The van der Waals surface area contributed by atoms with Gasteiger partial charge in [-0.15, -0.1) is 0 Å². The highest BCUT2D eigenvalue weighted by Gasteiger charge is 2.22. The van der Waals surface area contributed by atoms with Crippen LogP contribution in [0.3, 0.4) is 0 Å². The highest BCUT2D eigenvalue weighted by molar-refractivity contribution is 6.42. The van der Waals surface area contributed by atoms with Gasteiger partial charge in [-0.3, -0.25) is 9.69 Å². The third-order valence-corrected chi connectivity index (χ3v) is 4.79. The van der Waals surface area contributed by atoms with Crippen molar-refractivity contribution in [2.75, 3.05) is 20.2 Å². The van der Waals surface area contributed by atoms with Crippen LogP contribution in [-0.4, -0.2) is 43.2 Å². The Kier molecular flexibility index (Phi) is 6.50. The van der Waals surface area contributed by atoms with Crippen LogP contribution in [-0.2, 0) is 16.1 Å². The molecule has 0 spiro atoms. The maximum atomic E-state index is 11.8. The van der Waals surface area contributed by atoms with Crippen molar-refractivity contribution in [1.29, 1.82) is 0 Å². The summed E-state index contributed by atoms with van der Waals surface area (Å²) in [6, 6.07) is 5.98. The van der Waals surface area contributed by atoms with E-state index < -0.39 is 6.10 Å². The molecule has 22 heavy (non-hydrogen) atoms. The van der Waals surface area contributed by atoms with E-state index in [4.69, 9.17) is 27.9 Å². The number of methoxy groups -OCH3 is 1. The molecule has 6 heteroatoms. The molecule has 0 bridgehead atoms. The van der Waals surface area contributed by atoms with Gasteiger partial charge in [0.2, 0.25) is 5.91 Å². The van der Waals surface area contributed by atoms with E-state index in [0.29, 0.717) is 10.0 Å². The lowest BCUT2D eigenvalue weighted by molar-refractivity contribution is -0.131. The van der Waals surface area contributed by atoms with E-state index in [1.54, 1.807) is 14.0 Å². The third kappa shape index (κ3) is 4.85. The number of carbonyl (C=O) groups excluding carboxylic acids is 1. The Morgan fingerprint density at radius 1 is 1.36 bits per heavy atom. The number of nitrogens with zero attached hydrogens (tertiary/aromatic N) is 1. The molecule has 0 radical (unpaired) electrons. The molecule has 1 saturated heterocycles. The SMILES string of the molecule is COC(C)C(=O)NC1CCN(Cc2ccc(Cl)c(Cl)c2)CC1. The highest BCUT2D eigenvalue weighted by Crippen LogP contribution is 2.24. The molecule has 2 rings (SSSR count). The molecule has 1 aromatic rings. The van der Waals surface area contributed by atoms with Gasteiger partial charge in [-0.25, -0.2) is 0 Å². The van der Waals surface area contributed by atoms with Gasteiger partial charge in [0.15, 0.2) is 0 Å². The van der Waals surface area contributed by atoms with Gasteiger partial charge in [-0.2, -0.15) is 0 Å². The number of likely N-dealkylation sites (tertiary alicyclic amines) is 1. The number of amides is 1. The lowest BCUT2D eigenvalue weighted by Crippen LogP contribution is -2.47. The Bertz CT molecular complexity index is 517. The van der Waals surface area contributed by atoms with Crippen molar-refractivity contribution in [1.82, 2.24) is 10.2 Å². The average Bonchev–Trinajstić information content (AvgIpc) is 2.52. The molecule has 1 N–H and O–H groups in total. The molecule has 1 fully saturated rings. The second-order valence-corrected chi connectivity index (χ2v) is 6.50. The summed E-state index contributed by atoms with van der Waals surface area (Å²) in [5, 5.41) is 4.22. The largest absolute Gasteiger partial charge is 0.372 e. The molecule has 0 saturated carbocycles. The van der Waals surface area contributed by atoms with Crippen molar-refractivity contribution in [2.45, 2.75) is 38.5 Å². The van der Waals surface area contributed by atoms with Crippen molar-refractivity contribution in [3.63, 3.8) is 0 Å². The maximum absolute atomic E-state index is 11.8. The summed E-state index contributed by atoms with van der Waals surface area (Å²) in [4.78, 5) is 14.2. The molecule has 1 atom stereocenters. The Morgan fingerprint density at radius 3 is 2.64 bits per heavy atom. The van der Waals surface area contributed by atoms with Crippen LogP contribution < -0.4 is 5.32 Å². The van der Waals surface area contributed by atoms with Crippen LogP contribution in [0.2, 0.25) is 10.0 Å². The second-order valence-electron chi connectivity index (χ2n) is 5.69. The number of hydrogen-bond donors (Lipinski definition) is 1. The third-order valence-electron chi connectivity index (χ3n) is 4.05. The first-order chi connectivity index (χ1) is 10.5. The molecule has 1 heterocycles. The number of halogens is 2. The van der Waals surface area contributed by atoms with Gasteiger partial charge in [-0.05, 0) is 37.5 Å². The molecule has 1 amide bonds. The van der Waals surface area contributed by atoms with Gasteiger partial charge in [-0.1, -0.05) is 29.3 Å². The van der Waals surface area contributed by atoms with Crippen molar-refractivity contribution >= 4 is 29.1 Å². The zero-order valence-corrected chi connectivity index (χ0v) is 14.5. The van der Waals surface area contributed by atoms with E-state index in [2.05, 4.69) is 10.2 Å². The second kappa shape index (κ2) is 8.16. The first kappa shape index (κ1) is 17.5. The van der Waals surface area contributed by atoms with E-state index in [1.807, 2.05) is 18.2 Å². The summed E-state index contributed by atoms with van der Waals surface area (Å²) < 4.78 is 5.03. The smallest absolute Gasteiger partial charge is 0.249 e. The fourth-order valence-corrected chi connectivity index (χ4v) is 2.88. The Labute approximate surface area is 141 Å². The van der Waals surface area contributed by atoms with Gasteiger partial charge < -0.3 is 10.1 Å². The molecule has 0 aromatic heterocycles. The number of carbonyl (C=O) groups is 1. The van der Waals surface area contributed by atoms with Gasteiger partial charge in [0.1, 0.15) is 6.10 Å². The van der Waals surface area contributed by atoms with Crippen molar-refractivity contribution in [2.24, 2.45) is 0 Å². The lowest BCUT2D eigenvalue weighted by Gasteiger charge is -2.32. The number of piperidine rings is 1. The van der Waals surface area contributed by atoms with Crippen molar-refractivity contribution in [3.05, 3.63) is 33.8 Å². The molecule has 1 unspecified atom stereocenters. The number of nitrogens with one attached hydrogen (secondary N) is 1. The van der Waals surface area contributed by atoms with Crippen LogP contribution in [0.15, 0.2) is 18.2 Å².